The van der Waals surface area contributed by atoms with Crippen molar-refractivity contribution in [3.05, 3.63) is 30.3 Å². The van der Waals surface area contributed by atoms with Crippen molar-refractivity contribution < 1.29 is 14.3 Å². The lowest BCUT2D eigenvalue weighted by Crippen LogP contribution is -2.45. The Balaban J connectivity index is 1.44. The summed E-state index contributed by atoms with van der Waals surface area (Å²) >= 11 is 1.57. The van der Waals surface area contributed by atoms with Gasteiger partial charge in [0.1, 0.15) is 5.60 Å². The fourth-order valence-corrected chi connectivity index (χ4v) is 3.65. The van der Waals surface area contributed by atoms with Crippen LogP contribution in [0.2, 0.25) is 0 Å². The minimum absolute atomic E-state index is 0.0178. The van der Waals surface area contributed by atoms with E-state index in [0.29, 0.717) is 6.61 Å². The molecule has 1 aromatic heterocycles. The summed E-state index contributed by atoms with van der Waals surface area (Å²) in [6.45, 7) is 6.02. The third kappa shape index (κ3) is 5.93. The Morgan fingerprint density at radius 2 is 2.11 bits per heavy atom. The average molecular weight is 391 g/mol. The average Bonchev–Trinajstić information content (AvgIpc) is 3.09. The number of amides is 1. The number of aromatic nitrogens is 4. The van der Waals surface area contributed by atoms with Gasteiger partial charge in [0.2, 0.25) is 5.16 Å². The first kappa shape index (κ1) is 19.6. The van der Waals surface area contributed by atoms with E-state index in [4.69, 9.17) is 9.47 Å². The fourth-order valence-electron chi connectivity index (χ4n) is 2.69. The van der Waals surface area contributed by atoms with Gasteiger partial charge in [-0.1, -0.05) is 30.0 Å². The number of ether oxygens (including phenoxy) is 2. The van der Waals surface area contributed by atoms with E-state index in [2.05, 4.69) is 20.8 Å². The normalized spacial score (nSPS) is 20.3. The van der Waals surface area contributed by atoms with E-state index < -0.39 is 11.7 Å². The van der Waals surface area contributed by atoms with Crippen LogP contribution in [0.15, 0.2) is 35.5 Å². The maximum atomic E-state index is 11.8. The Bertz CT molecular complexity index is 739. The zero-order valence-electron chi connectivity index (χ0n) is 15.8. The topological polar surface area (TPSA) is 91.2 Å². The van der Waals surface area contributed by atoms with Gasteiger partial charge >= 0.3 is 6.09 Å². The van der Waals surface area contributed by atoms with Crippen LogP contribution >= 0.6 is 11.8 Å². The van der Waals surface area contributed by atoms with E-state index >= 15 is 0 Å². The van der Waals surface area contributed by atoms with Gasteiger partial charge in [0.15, 0.2) is 0 Å². The maximum Gasteiger partial charge on any atom is 0.407 e. The predicted molar refractivity (Wildman–Crippen MR) is 102 cm³/mol. The third-order valence-corrected chi connectivity index (χ3v) is 4.98. The molecule has 1 aliphatic rings. The van der Waals surface area contributed by atoms with E-state index in [-0.39, 0.29) is 12.1 Å². The molecule has 1 saturated heterocycles. The largest absolute Gasteiger partial charge is 0.444 e. The lowest BCUT2D eigenvalue weighted by molar-refractivity contribution is 0.00337. The number of nitrogens with one attached hydrogen (secondary N) is 1. The Hall–Kier alpha value is -2.13. The highest BCUT2D eigenvalue weighted by Gasteiger charge is 2.25. The van der Waals surface area contributed by atoms with Gasteiger partial charge in [-0.25, -0.2) is 4.79 Å². The minimum Gasteiger partial charge on any atom is -0.444 e. The Morgan fingerprint density at radius 3 is 2.78 bits per heavy atom. The molecular formula is C18H25N5O3S. The number of hydrogen-bond acceptors (Lipinski definition) is 7. The summed E-state index contributed by atoms with van der Waals surface area (Å²) < 4.78 is 12.9. The van der Waals surface area contributed by atoms with Crippen LogP contribution in [0.4, 0.5) is 4.79 Å². The fraction of sp³-hybridized carbons (Fsp3) is 0.556. The van der Waals surface area contributed by atoms with Gasteiger partial charge in [-0.15, -0.1) is 5.10 Å². The van der Waals surface area contributed by atoms with Gasteiger partial charge in [0.05, 0.1) is 24.4 Å². The number of carbonyl (C=O) groups excluding carboxylic acids is 1. The molecule has 8 nitrogen and oxygen atoms in total. The van der Waals surface area contributed by atoms with Crippen LogP contribution in [0.5, 0.6) is 0 Å². The highest BCUT2D eigenvalue weighted by Crippen LogP contribution is 2.23. The summed E-state index contributed by atoms with van der Waals surface area (Å²) in [4.78, 5) is 11.8. The molecule has 0 saturated carbocycles. The molecule has 0 radical (unpaired) electrons. The lowest BCUT2D eigenvalue weighted by atomic mass is 10.1. The highest BCUT2D eigenvalue weighted by molar-refractivity contribution is 7.99. The molecule has 0 unspecified atom stereocenters. The first-order chi connectivity index (χ1) is 12.9. The van der Waals surface area contributed by atoms with Crippen molar-refractivity contribution in [1.29, 1.82) is 0 Å². The summed E-state index contributed by atoms with van der Waals surface area (Å²) in [6, 6.07) is 9.77. The molecule has 0 bridgehead atoms. The summed E-state index contributed by atoms with van der Waals surface area (Å²) in [6.07, 6.45) is 1.42. The molecule has 1 aliphatic heterocycles. The van der Waals surface area contributed by atoms with Gasteiger partial charge in [-0.3, -0.25) is 0 Å². The lowest BCUT2D eigenvalue weighted by Gasteiger charge is -2.30. The number of benzene rings is 1. The maximum absolute atomic E-state index is 11.8. The summed E-state index contributed by atoms with van der Waals surface area (Å²) in [5.74, 6) is 0.756. The number of tetrazole rings is 1. The van der Waals surface area contributed by atoms with Crippen LogP contribution in [-0.2, 0) is 9.47 Å². The van der Waals surface area contributed by atoms with Crippen LogP contribution in [0.25, 0.3) is 5.69 Å². The standard InChI is InChI=1S/C18H25N5O3S/c1-18(2,3)26-17(24)19-13-9-10-15(25-11-13)12-27-16-20-21-22-23(16)14-7-5-4-6-8-14/h4-8,13,15H,9-12H2,1-3H3,(H,19,24)/t13-,15+/m1/s1. The van der Waals surface area contributed by atoms with Gasteiger partial charge < -0.3 is 14.8 Å². The van der Waals surface area contributed by atoms with Crippen molar-refractivity contribution in [2.24, 2.45) is 0 Å². The number of para-hydroxylation sites is 1. The van der Waals surface area contributed by atoms with Gasteiger partial charge in [-0.2, -0.15) is 4.68 Å². The quantitative estimate of drug-likeness (QED) is 0.784. The van der Waals surface area contributed by atoms with Crippen LogP contribution in [0.1, 0.15) is 33.6 Å². The number of alkyl carbamates (subject to hydrolysis) is 1. The number of carbonyl (C=O) groups is 1. The van der Waals surface area contributed by atoms with E-state index in [1.807, 2.05) is 51.1 Å². The van der Waals surface area contributed by atoms with E-state index in [0.717, 1.165) is 29.4 Å². The molecule has 1 aromatic carbocycles. The van der Waals surface area contributed by atoms with Gasteiger partial charge in [-0.05, 0) is 56.2 Å². The SMILES string of the molecule is CC(C)(C)OC(=O)N[C@@H]1CC[C@@H](CSc2nnnn2-c2ccccc2)OC1. The second kappa shape index (κ2) is 8.71. The van der Waals surface area contributed by atoms with E-state index in [1.165, 1.54) is 0 Å². The third-order valence-electron chi connectivity index (χ3n) is 3.93. The molecule has 3 rings (SSSR count). The van der Waals surface area contributed by atoms with Gasteiger partial charge in [0.25, 0.3) is 0 Å². The van der Waals surface area contributed by atoms with Crippen LogP contribution in [0.3, 0.4) is 0 Å². The molecule has 1 fully saturated rings. The van der Waals surface area contributed by atoms with Crippen LogP contribution in [0, 0.1) is 0 Å². The monoisotopic (exact) mass is 391 g/mol. The van der Waals surface area contributed by atoms with Crippen molar-refractivity contribution in [3.63, 3.8) is 0 Å². The molecule has 2 atom stereocenters. The van der Waals surface area contributed by atoms with Crippen molar-refractivity contribution >= 4 is 17.9 Å². The number of rotatable bonds is 5. The molecule has 0 spiro atoms. The number of thioether (sulfide) groups is 1. The molecule has 27 heavy (non-hydrogen) atoms. The molecule has 2 heterocycles. The van der Waals surface area contributed by atoms with Crippen LogP contribution in [-0.4, -0.2) is 56.4 Å². The van der Waals surface area contributed by atoms with Crippen LogP contribution < -0.4 is 5.32 Å². The Labute approximate surface area is 163 Å². The first-order valence-electron chi connectivity index (χ1n) is 8.98. The summed E-state index contributed by atoms with van der Waals surface area (Å²) in [7, 11) is 0. The minimum atomic E-state index is -0.498. The first-order valence-corrected chi connectivity index (χ1v) is 9.97. The molecular weight excluding hydrogens is 366 g/mol. The van der Waals surface area contributed by atoms with Crippen molar-refractivity contribution in [3.8, 4) is 5.69 Å². The molecule has 2 aromatic rings. The highest BCUT2D eigenvalue weighted by atomic mass is 32.2. The Kier molecular flexibility index (Phi) is 6.33. The van der Waals surface area contributed by atoms with E-state index in [1.54, 1.807) is 16.4 Å². The van der Waals surface area contributed by atoms with Gasteiger partial charge in [0, 0.05) is 5.75 Å². The predicted octanol–water partition coefficient (Wildman–Crippen LogP) is 2.83. The molecule has 0 aliphatic carbocycles. The van der Waals surface area contributed by atoms with Crippen molar-refractivity contribution in [1.82, 2.24) is 25.5 Å². The zero-order valence-corrected chi connectivity index (χ0v) is 16.6. The summed E-state index contributed by atoms with van der Waals surface area (Å²) in [5, 5.41) is 15.5. The zero-order chi connectivity index (χ0) is 19.3. The molecule has 1 N–H and O–H groups in total. The second-order valence-corrected chi connectivity index (χ2v) is 8.38. The number of nitrogens with zero attached hydrogens (tertiary/aromatic N) is 4. The van der Waals surface area contributed by atoms with Crippen molar-refractivity contribution in [2.75, 3.05) is 12.4 Å². The summed E-state index contributed by atoms with van der Waals surface area (Å²) in [5.41, 5.74) is 0.429. The molecule has 1 amide bonds. The molecule has 9 heteroatoms. The number of hydrogen-bond donors (Lipinski definition) is 1. The Morgan fingerprint density at radius 1 is 1.33 bits per heavy atom. The molecule has 146 valence electrons. The second-order valence-electron chi connectivity index (χ2n) is 7.40. The van der Waals surface area contributed by atoms with Crippen molar-refractivity contribution in [2.45, 2.75) is 56.5 Å². The van der Waals surface area contributed by atoms with E-state index in [9.17, 15) is 4.79 Å². The smallest absolute Gasteiger partial charge is 0.407 e.